The summed E-state index contributed by atoms with van der Waals surface area (Å²) in [6.07, 6.45) is 3.30. The lowest BCUT2D eigenvalue weighted by molar-refractivity contribution is -0.120. The first kappa shape index (κ1) is 21.5. The van der Waals surface area contributed by atoms with Gasteiger partial charge in [-0.1, -0.05) is 6.07 Å². The van der Waals surface area contributed by atoms with Gasteiger partial charge in [-0.3, -0.25) is 4.79 Å². The van der Waals surface area contributed by atoms with Crippen LogP contribution < -0.4 is 5.32 Å². The minimum absolute atomic E-state index is 0.141. The largest absolute Gasteiger partial charge is 0.462 e. The molecule has 0 spiro atoms. The molecule has 2 aromatic rings. The minimum atomic E-state index is -3.59. The lowest BCUT2D eigenvalue weighted by Gasteiger charge is -2.30. The molecule has 4 rings (SSSR count). The molecule has 30 heavy (non-hydrogen) atoms. The fourth-order valence-corrected chi connectivity index (χ4v) is 7.40. The molecule has 1 aliphatic carbocycles. The van der Waals surface area contributed by atoms with E-state index in [0.29, 0.717) is 40.1 Å². The number of nitrogens with zero attached hydrogens (tertiary/aromatic N) is 1. The average molecular weight is 469 g/mol. The summed E-state index contributed by atoms with van der Waals surface area (Å²) in [6.45, 7) is 2.57. The van der Waals surface area contributed by atoms with Crippen molar-refractivity contribution in [2.75, 3.05) is 25.0 Å². The highest BCUT2D eigenvalue weighted by atomic mass is 32.2. The number of anilines is 1. The quantitative estimate of drug-likeness (QED) is 0.622. The molecule has 1 saturated heterocycles. The molecule has 1 saturated carbocycles. The molecule has 1 atom stereocenters. The smallest absolute Gasteiger partial charge is 0.341 e. The van der Waals surface area contributed by atoms with Gasteiger partial charge in [-0.25, -0.2) is 13.2 Å². The van der Waals surface area contributed by atoms with Crippen molar-refractivity contribution in [1.82, 2.24) is 4.31 Å². The summed E-state index contributed by atoms with van der Waals surface area (Å²) in [7, 11) is -3.59. The second kappa shape index (κ2) is 8.78. The number of thiophene rings is 2. The number of hydrogen-bond acceptors (Lipinski definition) is 7. The molecule has 2 aliphatic rings. The summed E-state index contributed by atoms with van der Waals surface area (Å²) in [5.41, 5.74) is 1.40. The van der Waals surface area contributed by atoms with Gasteiger partial charge in [0.25, 0.3) is 10.0 Å². The number of sulfonamides is 1. The summed E-state index contributed by atoms with van der Waals surface area (Å²) in [5.74, 6) is -0.778. The van der Waals surface area contributed by atoms with Crippen LogP contribution in [-0.2, 0) is 19.6 Å². The van der Waals surface area contributed by atoms with Crippen LogP contribution in [-0.4, -0.2) is 44.3 Å². The number of ether oxygens (including phenoxy) is 1. The molecule has 162 valence electrons. The molecule has 7 nitrogen and oxygen atoms in total. The lowest BCUT2D eigenvalue weighted by atomic mass is 9.99. The van der Waals surface area contributed by atoms with Crippen LogP contribution in [0.5, 0.6) is 0 Å². The zero-order valence-electron chi connectivity index (χ0n) is 16.6. The minimum Gasteiger partial charge on any atom is -0.462 e. The van der Waals surface area contributed by atoms with Crippen molar-refractivity contribution in [2.24, 2.45) is 5.92 Å². The van der Waals surface area contributed by atoms with E-state index in [4.69, 9.17) is 4.74 Å². The van der Waals surface area contributed by atoms with Crippen molar-refractivity contribution >= 4 is 49.6 Å². The second-order valence-corrected chi connectivity index (χ2v) is 11.5. The van der Waals surface area contributed by atoms with Crippen molar-refractivity contribution in [3.8, 4) is 0 Å². The van der Waals surface area contributed by atoms with Crippen LogP contribution in [0.4, 0.5) is 5.00 Å². The number of rotatable bonds is 7. The van der Waals surface area contributed by atoms with E-state index in [9.17, 15) is 18.0 Å². The van der Waals surface area contributed by atoms with Crippen LogP contribution in [0.15, 0.2) is 27.1 Å². The second-order valence-electron chi connectivity index (χ2n) is 7.51. The number of esters is 1. The van der Waals surface area contributed by atoms with E-state index in [1.54, 1.807) is 24.4 Å². The van der Waals surface area contributed by atoms with Gasteiger partial charge in [0.05, 0.1) is 18.1 Å². The van der Waals surface area contributed by atoms with Crippen molar-refractivity contribution in [1.29, 1.82) is 0 Å². The highest BCUT2D eigenvalue weighted by Crippen LogP contribution is 2.46. The predicted octanol–water partition coefficient (Wildman–Crippen LogP) is 3.90. The Labute approximate surface area is 184 Å². The lowest BCUT2D eigenvalue weighted by Crippen LogP contribution is -2.43. The number of carbonyl (C=O) groups is 2. The molecule has 10 heteroatoms. The average Bonchev–Trinajstić information content (AvgIpc) is 3.25. The zero-order valence-corrected chi connectivity index (χ0v) is 19.1. The number of piperidine rings is 1. The zero-order chi connectivity index (χ0) is 21.3. The monoisotopic (exact) mass is 468 g/mol. The van der Waals surface area contributed by atoms with Gasteiger partial charge >= 0.3 is 5.97 Å². The van der Waals surface area contributed by atoms with Crippen LogP contribution in [0.25, 0.3) is 0 Å². The van der Waals surface area contributed by atoms with Crippen LogP contribution in [0, 0.1) is 5.92 Å². The van der Waals surface area contributed by atoms with Gasteiger partial charge in [0, 0.05) is 13.1 Å². The highest BCUT2D eigenvalue weighted by molar-refractivity contribution is 7.91. The number of hydrogen-bond donors (Lipinski definition) is 1. The molecule has 0 aromatic carbocycles. The standard InChI is InChI=1S/C20H24N2O5S3/c1-2-27-20(24)17-15(13-7-8-13)12-29-19(17)21-18(23)14-5-3-9-22(11-14)30(25,26)16-6-4-10-28-16/h4,6,10,12-14H,2-3,5,7-9,11H2,1H3,(H,21,23). The fourth-order valence-electron chi connectivity index (χ4n) is 3.70. The van der Waals surface area contributed by atoms with Crippen LogP contribution in [0.1, 0.15) is 54.4 Å². The van der Waals surface area contributed by atoms with Gasteiger partial charge in [0.2, 0.25) is 5.91 Å². The van der Waals surface area contributed by atoms with Gasteiger partial charge in [-0.05, 0) is 60.9 Å². The summed E-state index contributed by atoms with van der Waals surface area (Å²) in [5, 5.41) is 7.04. The Balaban J connectivity index is 1.50. The molecular formula is C20H24N2O5S3. The number of carbonyl (C=O) groups excluding carboxylic acids is 2. The Hall–Kier alpha value is -1.75. The molecule has 0 radical (unpaired) electrons. The Morgan fingerprint density at radius 1 is 1.27 bits per heavy atom. The Morgan fingerprint density at radius 2 is 2.07 bits per heavy atom. The third-order valence-electron chi connectivity index (χ3n) is 5.40. The number of amides is 1. The Kier molecular flexibility index (Phi) is 6.29. The van der Waals surface area contributed by atoms with Crippen LogP contribution in [0.3, 0.4) is 0 Å². The maximum Gasteiger partial charge on any atom is 0.341 e. The van der Waals surface area contributed by atoms with Crippen molar-refractivity contribution in [2.45, 2.75) is 42.7 Å². The number of nitrogens with one attached hydrogen (secondary N) is 1. The summed E-state index contributed by atoms with van der Waals surface area (Å²) in [6, 6.07) is 3.29. The third kappa shape index (κ3) is 4.32. The normalized spacial score (nSPS) is 20.1. The fraction of sp³-hybridized carbons (Fsp3) is 0.500. The van der Waals surface area contributed by atoms with Gasteiger partial charge in [-0.15, -0.1) is 22.7 Å². The molecule has 2 fully saturated rings. The third-order valence-corrected chi connectivity index (χ3v) is 9.55. The van der Waals surface area contributed by atoms with Gasteiger partial charge in [0.15, 0.2) is 0 Å². The SMILES string of the molecule is CCOC(=O)c1c(C2CC2)csc1NC(=O)C1CCCN(S(=O)(=O)c2cccs2)C1. The van der Waals surface area contributed by atoms with E-state index in [1.165, 1.54) is 27.0 Å². The highest BCUT2D eigenvalue weighted by Gasteiger charge is 2.36. The van der Waals surface area contributed by atoms with Crippen molar-refractivity contribution < 1.29 is 22.7 Å². The molecular weight excluding hydrogens is 444 g/mol. The Bertz CT molecular complexity index is 1030. The van der Waals surface area contributed by atoms with E-state index in [-0.39, 0.29) is 19.1 Å². The van der Waals surface area contributed by atoms with Crippen LogP contribution in [0.2, 0.25) is 0 Å². The summed E-state index contributed by atoms with van der Waals surface area (Å²) < 4.78 is 32.5. The first-order chi connectivity index (χ1) is 14.4. The van der Waals surface area contributed by atoms with Gasteiger partial charge in [0.1, 0.15) is 9.21 Å². The maximum absolute atomic E-state index is 13.0. The molecule has 0 bridgehead atoms. The molecule has 1 aliphatic heterocycles. The molecule has 1 amide bonds. The topological polar surface area (TPSA) is 92.8 Å². The van der Waals surface area contributed by atoms with Crippen molar-refractivity contribution in [3.63, 3.8) is 0 Å². The summed E-state index contributed by atoms with van der Waals surface area (Å²) in [4.78, 5) is 25.5. The molecule has 3 heterocycles. The first-order valence-corrected chi connectivity index (χ1v) is 13.2. The molecule has 1 N–H and O–H groups in total. The first-order valence-electron chi connectivity index (χ1n) is 10.0. The van der Waals surface area contributed by atoms with Crippen molar-refractivity contribution in [3.05, 3.63) is 34.0 Å². The van der Waals surface area contributed by atoms with Crippen LogP contribution >= 0.6 is 22.7 Å². The van der Waals surface area contributed by atoms with E-state index in [1.807, 2.05) is 5.38 Å². The van der Waals surface area contributed by atoms with Gasteiger partial charge in [-0.2, -0.15) is 4.31 Å². The molecule has 2 aromatic heterocycles. The Morgan fingerprint density at radius 3 is 2.73 bits per heavy atom. The van der Waals surface area contributed by atoms with E-state index in [0.717, 1.165) is 18.4 Å². The van der Waals surface area contributed by atoms with E-state index >= 15 is 0 Å². The molecule has 1 unspecified atom stereocenters. The maximum atomic E-state index is 13.0. The summed E-state index contributed by atoms with van der Waals surface area (Å²) >= 11 is 2.51. The van der Waals surface area contributed by atoms with E-state index in [2.05, 4.69) is 5.32 Å². The van der Waals surface area contributed by atoms with E-state index < -0.39 is 21.9 Å². The van der Waals surface area contributed by atoms with Gasteiger partial charge < -0.3 is 10.1 Å². The predicted molar refractivity (Wildman–Crippen MR) is 117 cm³/mol.